The van der Waals surface area contributed by atoms with E-state index in [-0.39, 0.29) is 5.82 Å². The number of aliphatic hydroxyl groups is 2. The van der Waals surface area contributed by atoms with E-state index in [2.05, 4.69) is 9.98 Å². The largest absolute Gasteiger partial charge is 0.388 e. The fourth-order valence-corrected chi connectivity index (χ4v) is 2.66. The highest BCUT2D eigenvalue weighted by Crippen LogP contribution is 2.28. The van der Waals surface area contributed by atoms with Crippen molar-refractivity contribution in [2.45, 2.75) is 52.2 Å². The summed E-state index contributed by atoms with van der Waals surface area (Å²) < 4.78 is 20.4. The smallest absolute Gasteiger partial charge is 0.352 e. The van der Waals surface area contributed by atoms with Gasteiger partial charge in [0.2, 0.25) is 0 Å². The summed E-state index contributed by atoms with van der Waals surface area (Å²) in [6.07, 6.45) is -3.48. The predicted octanol–water partition coefficient (Wildman–Crippen LogP) is 0.413. The van der Waals surface area contributed by atoms with Crippen LogP contribution >= 0.6 is 0 Å². The maximum absolute atomic E-state index is 14.3. The molecule has 0 unspecified atom stereocenters. The summed E-state index contributed by atoms with van der Waals surface area (Å²) in [6, 6.07) is 0. The molecule has 1 aliphatic rings. The molecule has 0 bridgehead atoms. The number of rotatable bonds is 4. The van der Waals surface area contributed by atoms with Crippen LogP contribution in [0.2, 0.25) is 0 Å². The van der Waals surface area contributed by atoms with E-state index in [0.717, 1.165) is 10.8 Å². The molecular formula is C15H23FN4O4. The first-order valence-electron chi connectivity index (χ1n) is 7.90. The Balaban J connectivity index is 2.36. The lowest BCUT2D eigenvalue weighted by Gasteiger charge is -2.20. The molecule has 0 saturated carbocycles. The molecule has 0 radical (unpaired) electrons. The minimum absolute atomic E-state index is 0.318. The Labute approximate surface area is 139 Å². The first-order valence-corrected chi connectivity index (χ1v) is 7.90. The lowest BCUT2D eigenvalue weighted by molar-refractivity contribution is -0.0355. The van der Waals surface area contributed by atoms with E-state index < -0.39 is 36.0 Å². The molecule has 1 fully saturated rings. The van der Waals surface area contributed by atoms with Crippen LogP contribution in [-0.4, -0.2) is 61.9 Å². The molecule has 2 rings (SSSR count). The standard InChI is InChI=1S/C15H23FN4O4/c1-5-19(6-2)9(4)17-13-10(16)7-20(15(23)18-13)14-12(22)11(21)8(3)24-14/h7-8,11-12,14,21-22H,5-6H2,1-4H3/t8-,11-,12-,14-/m1/s1. The van der Waals surface area contributed by atoms with Gasteiger partial charge in [0.05, 0.1) is 12.3 Å². The third-order valence-corrected chi connectivity index (χ3v) is 4.13. The molecule has 1 aromatic heterocycles. The van der Waals surface area contributed by atoms with Crippen molar-refractivity contribution in [1.29, 1.82) is 0 Å². The number of ether oxygens (including phenoxy) is 1. The molecule has 9 heteroatoms. The number of hydrogen-bond acceptors (Lipinski definition) is 6. The zero-order valence-corrected chi connectivity index (χ0v) is 14.2. The van der Waals surface area contributed by atoms with Crippen molar-refractivity contribution < 1.29 is 19.3 Å². The summed E-state index contributed by atoms with van der Waals surface area (Å²) in [6.45, 7) is 8.53. The van der Waals surface area contributed by atoms with Gasteiger partial charge in [-0.1, -0.05) is 0 Å². The van der Waals surface area contributed by atoms with Gasteiger partial charge < -0.3 is 19.8 Å². The molecule has 0 spiro atoms. The highest BCUT2D eigenvalue weighted by Gasteiger charge is 2.42. The second kappa shape index (κ2) is 7.37. The van der Waals surface area contributed by atoms with Gasteiger partial charge in [0.25, 0.3) is 0 Å². The molecular weight excluding hydrogens is 319 g/mol. The van der Waals surface area contributed by atoms with Crippen LogP contribution in [-0.2, 0) is 4.74 Å². The normalized spacial score (nSPS) is 27.5. The number of nitrogens with zero attached hydrogens (tertiary/aromatic N) is 4. The second-order valence-electron chi connectivity index (χ2n) is 5.65. The Morgan fingerprint density at radius 1 is 1.42 bits per heavy atom. The summed E-state index contributed by atoms with van der Waals surface area (Å²) in [4.78, 5) is 21.8. The average molecular weight is 342 g/mol. The molecule has 0 amide bonds. The van der Waals surface area contributed by atoms with Crippen molar-refractivity contribution in [3.63, 3.8) is 0 Å². The summed E-state index contributed by atoms with van der Waals surface area (Å²) in [5, 5.41) is 19.6. The Kier molecular flexibility index (Phi) is 5.68. The summed E-state index contributed by atoms with van der Waals surface area (Å²) >= 11 is 0. The molecule has 8 nitrogen and oxygen atoms in total. The number of hydrogen-bond donors (Lipinski definition) is 2. The van der Waals surface area contributed by atoms with Crippen molar-refractivity contribution in [2.75, 3.05) is 13.1 Å². The number of aromatic nitrogens is 2. The van der Waals surface area contributed by atoms with E-state index in [9.17, 15) is 19.4 Å². The third kappa shape index (κ3) is 3.47. The SMILES string of the molecule is CCN(CC)C(C)=Nc1nc(=O)n([C@@H]2O[C@H](C)[C@@H](O)[C@H]2O)cc1F. The van der Waals surface area contributed by atoms with E-state index in [1.54, 1.807) is 13.8 Å². The molecule has 4 atom stereocenters. The first kappa shape index (κ1) is 18.5. The number of aliphatic hydroxyl groups excluding tert-OH is 2. The first-order chi connectivity index (χ1) is 11.3. The highest BCUT2D eigenvalue weighted by atomic mass is 19.1. The average Bonchev–Trinajstić information content (AvgIpc) is 2.79. The van der Waals surface area contributed by atoms with Crippen molar-refractivity contribution in [2.24, 2.45) is 4.99 Å². The van der Waals surface area contributed by atoms with Crippen molar-refractivity contribution in [1.82, 2.24) is 14.5 Å². The second-order valence-corrected chi connectivity index (χ2v) is 5.65. The van der Waals surface area contributed by atoms with E-state index in [1.807, 2.05) is 18.7 Å². The van der Waals surface area contributed by atoms with Crippen molar-refractivity contribution in [3.05, 3.63) is 22.5 Å². The van der Waals surface area contributed by atoms with Gasteiger partial charge in [0.15, 0.2) is 17.9 Å². The maximum atomic E-state index is 14.3. The predicted molar refractivity (Wildman–Crippen MR) is 85.7 cm³/mol. The monoisotopic (exact) mass is 342 g/mol. The van der Waals surface area contributed by atoms with Crippen LogP contribution in [0, 0.1) is 5.82 Å². The molecule has 2 heterocycles. The van der Waals surface area contributed by atoms with Gasteiger partial charge in [-0.25, -0.2) is 14.2 Å². The van der Waals surface area contributed by atoms with Crippen LogP contribution in [0.4, 0.5) is 10.2 Å². The number of aliphatic imine (C=N–C) groups is 1. The summed E-state index contributed by atoms with van der Waals surface area (Å²) in [5.41, 5.74) is -0.812. The minimum atomic E-state index is -1.34. The van der Waals surface area contributed by atoms with Gasteiger partial charge in [0, 0.05) is 13.1 Å². The van der Waals surface area contributed by atoms with Crippen molar-refractivity contribution in [3.8, 4) is 0 Å². The maximum Gasteiger partial charge on any atom is 0.352 e. The van der Waals surface area contributed by atoms with E-state index in [0.29, 0.717) is 18.9 Å². The topological polar surface area (TPSA) is 100 Å². The van der Waals surface area contributed by atoms with Crippen LogP contribution < -0.4 is 5.69 Å². The number of amidine groups is 1. The molecule has 2 N–H and O–H groups in total. The van der Waals surface area contributed by atoms with Gasteiger partial charge in [0.1, 0.15) is 18.0 Å². The molecule has 1 aliphatic heterocycles. The zero-order chi connectivity index (χ0) is 18.0. The molecule has 0 aromatic carbocycles. The molecule has 1 aromatic rings. The fraction of sp³-hybridized carbons (Fsp3) is 0.667. The Hall–Kier alpha value is -1.84. The molecule has 1 saturated heterocycles. The molecule has 134 valence electrons. The fourth-order valence-electron chi connectivity index (χ4n) is 2.66. The van der Waals surface area contributed by atoms with Gasteiger partial charge in [-0.15, -0.1) is 0 Å². The molecule has 24 heavy (non-hydrogen) atoms. The van der Waals surface area contributed by atoms with Crippen molar-refractivity contribution >= 4 is 11.7 Å². The molecule has 0 aliphatic carbocycles. The van der Waals surface area contributed by atoms with Crippen LogP contribution in [0.5, 0.6) is 0 Å². The highest BCUT2D eigenvalue weighted by molar-refractivity contribution is 5.82. The third-order valence-electron chi connectivity index (χ3n) is 4.13. The minimum Gasteiger partial charge on any atom is -0.388 e. The van der Waals surface area contributed by atoms with Gasteiger partial charge in [-0.05, 0) is 27.7 Å². The Morgan fingerprint density at radius 3 is 2.54 bits per heavy atom. The van der Waals surface area contributed by atoms with E-state index in [1.165, 1.54) is 0 Å². The van der Waals surface area contributed by atoms with Gasteiger partial charge in [-0.3, -0.25) is 4.57 Å². The lowest BCUT2D eigenvalue weighted by Crippen LogP contribution is -2.35. The zero-order valence-electron chi connectivity index (χ0n) is 14.2. The van der Waals surface area contributed by atoms with Gasteiger partial charge >= 0.3 is 5.69 Å². The van der Waals surface area contributed by atoms with Crippen LogP contribution in [0.25, 0.3) is 0 Å². The lowest BCUT2D eigenvalue weighted by atomic mass is 10.1. The van der Waals surface area contributed by atoms with Crippen LogP contribution in [0.3, 0.4) is 0 Å². The van der Waals surface area contributed by atoms with Gasteiger partial charge in [-0.2, -0.15) is 4.98 Å². The number of halogens is 1. The summed E-state index contributed by atoms with van der Waals surface area (Å²) in [7, 11) is 0. The Morgan fingerprint density at radius 2 is 2.04 bits per heavy atom. The van der Waals surface area contributed by atoms with Crippen LogP contribution in [0.1, 0.15) is 33.9 Å². The van der Waals surface area contributed by atoms with E-state index >= 15 is 0 Å². The van der Waals surface area contributed by atoms with E-state index in [4.69, 9.17) is 4.74 Å². The Bertz CT molecular complexity index is 674. The summed E-state index contributed by atoms with van der Waals surface area (Å²) in [5.74, 6) is -0.586. The quantitative estimate of drug-likeness (QED) is 0.607. The van der Waals surface area contributed by atoms with Crippen LogP contribution in [0.15, 0.2) is 16.0 Å².